The van der Waals surface area contributed by atoms with E-state index in [1.54, 1.807) is 65.8 Å². The van der Waals surface area contributed by atoms with Gasteiger partial charge in [-0.3, -0.25) is 0 Å². The number of hydrogen-bond donors (Lipinski definition) is 3. The van der Waals surface area contributed by atoms with Gasteiger partial charge in [0.1, 0.15) is 35.1 Å². The van der Waals surface area contributed by atoms with Crippen molar-refractivity contribution in [2.75, 3.05) is 30.4 Å². The van der Waals surface area contributed by atoms with Crippen molar-refractivity contribution in [3.8, 4) is 17.6 Å². The van der Waals surface area contributed by atoms with Gasteiger partial charge in [-0.25, -0.2) is 27.3 Å². The second kappa shape index (κ2) is 19.0. The van der Waals surface area contributed by atoms with Gasteiger partial charge in [0, 0.05) is 48.2 Å². The van der Waals surface area contributed by atoms with Gasteiger partial charge in [-0.15, -0.1) is 0 Å². The molecule has 17 heteroatoms. The Morgan fingerprint density at radius 2 is 1.60 bits per heavy atom. The number of sulfonamides is 1. The Bertz CT molecular complexity index is 2140. The molecule has 0 radical (unpaired) electrons. The Morgan fingerprint density at radius 3 is 2.21 bits per heavy atom. The topological polar surface area (TPSA) is 194 Å². The fourth-order valence-corrected chi connectivity index (χ4v) is 7.85. The predicted octanol–water partition coefficient (Wildman–Crippen LogP) is 7.03. The fourth-order valence-electron chi connectivity index (χ4n) is 5.70. The van der Waals surface area contributed by atoms with Crippen LogP contribution in [0.5, 0.6) is 11.5 Å². The number of nitrogens with zero attached hydrogens (tertiary/aromatic N) is 4. The highest BCUT2D eigenvalue weighted by Gasteiger charge is 2.30. The van der Waals surface area contributed by atoms with E-state index >= 15 is 0 Å². The monoisotopic (exact) mass is 821 g/mol. The number of amides is 2. The minimum atomic E-state index is -4.28. The minimum absolute atomic E-state index is 0.0868. The number of hydrogen-bond acceptors (Lipinski definition) is 13. The number of anilines is 2. The first kappa shape index (κ1) is 44.1. The van der Waals surface area contributed by atoms with Crippen LogP contribution >= 0.6 is 11.5 Å². The zero-order valence-corrected chi connectivity index (χ0v) is 35.3. The number of aromatic nitrogens is 2. The number of carbonyl (C=O) groups is 2. The molecule has 4 aromatic rings. The van der Waals surface area contributed by atoms with Crippen LogP contribution in [-0.2, 0) is 39.0 Å². The molecule has 306 valence electrons. The predicted molar refractivity (Wildman–Crippen MR) is 218 cm³/mol. The highest BCUT2D eigenvalue weighted by Crippen LogP contribution is 2.33. The molecule has 0 aliphatic carbocycles. The lowest BCUT2D eigenvalue weighted by molar-refractivity contribution is 0.0488. The molecule has 0 saturated carbocycles. The highest BCUT2D eigenvalue weighted by atomic mass is 32.2. The van der Waals surface area contributed by atoms with Crippen molar-refractivity contribution in [2.24, 2.45) is 5.92 Å². The summed E-state index contributed by atoms with van der Waals surface area (Å²) < 4.78 is 55.5. The lowest BCUT2D eigenvalue weighted by Gasteiger charge is -2.28. The van der Waals surface area contributed by atoms with Crippen molar-refractivity contribution in [1.82, 2.24) is 20.0 Å². The minimum Gasteiger partial charge on any atom is -0.497 e. The molecule has 1 aromatic heterocycles. The Morgan fingerprint density at radius 1 is 0.912 bits per heavy atom. The summed E-state index contributed by atoms with van der Waals surface area (Å²) in [6.07, 6.45) is 0.596. The van der Waals surface area contributed by atoms with Crippen LogP contribution in [0.25, 0.3) is 0 Å². The fraction of sp³-hybridized carbons (Fsp3) is 0.425. The molecule has 3 aromatic carbocycles. The van der Waals surface area contributed by atoms with Gasteiger partial charge in [0.2, 0.25) is 5.13 Å². The molecule has 3 N–H and O–H groups in total. The Balaban J connectivity index is 1.62. The van der Waals surface area contributed by atoms with Crippen molar-refractivity contribution < 1.29 is 37.0 Å². The third kappa shape index (κ3) is 12.7. The standard InChI is InChI=1S/C40H51N7O8S2/c1-26(46-38(49)55-40(5,6)7)31(18-27-12-10-11-13-28(27)22-43-37(48)54-39(2,3)4)23-42-34-17-16-33(19-30(34)21-41)57(50,51)47(36-44-25-45-56-36)24-29-14-15-32(52-8)20-35(29)53-9/h10-17,19-20,25-26,31,42H,18,22-24H2,1-9H3,(H,43,48)(H,46,49)/t26-,31+/m1/s1. The SMILES string of the molecule is COc1ccc(CN(c2ncns2)S(=O)(=O)c2ccc(NC[C@H](Cc3ccccc3CNC(=O)OC(C)(C)C)[C@@H](C)NC(=O)OC(C)(C)C)c(C#N)c2)c(OC)c1. The van der Waals surface area contributed by atoms with Crippen LogP contribution in [0.1, 0.15) is 70.7 Å². The molecule has 4 rings (SSSR count). The molecule has 0 bridgehead atoms. The quantitative estimate of drug-likeness (QED) is 0.105. The molecule has 1 heterocycles. The maximum absolute atomic E-state index is 14.3. The van der Waals surface area contributed by atoms with Crippen molar-refractivity contribution in [2.45, 2.75) is 90.1 Å². The van der Waals surface area contributed by atoms with Gasteiger partial charge in [0.15, 0.2) is 0 Å². The number of nitrogens with one attached hydrogen (secondary N) is 3. The van der Waals surface area contributed by atoms with E-state index in [4.69, 9.17) is 18.9 Å². The smallest absolute Gasteiger partial charge is 0.407 e. The van der Waals surface area contributed by atoms with Crippen LogP contribution in [0.4, 0.5) is 20.4 Å². The number of rotatable bonds is 16. The number of benzene rings is 3. The molecule has 2 amide bonds. The van der Waals surface area contributed by atoms with Gasteiger partial charge in [-0.2, -0.15) is 9.64 Å². The van der Waals surface area contributed by atoms with Crippen molar-refractivity contribution in [3.63, 3.8) is 0 Å². The summed E-state index contributed by atoms with van der Waals surface area (Å²) in [5.74, 6) is 0.685. The molecule has 15 nitrogen and oxygen atoms in total. The van der Waals surface area contributed by atoms with Gasteiger partial charge in [-0.1, -0.05) is 24.3 Å². The number of ether oxygens (including phenoxy) is 4. The number of methoxy groups -OCH3 is 2. The number of carbonyl (C=O) groups excluding carboxylic acids is 2. The third-order valence-electron chi connectivity index (χ3n) is 8.50. The first-order valence-corrected chi connectivity index (χ1v) is 20.4. The summed E-state index contributed by atoms with van der Waals surface area (Å²) >= 11 is 0.912. The van der Waals surface area contributed by atoms with Crippen molar-refractivity contribution in [3.05, 3.63) is 89.2 Å². The van der Waals surface area contributed by atoms with Crippen molar-refractivity contribution in [1.29, 1.82) is 5.26 Å². The second-order valence-corrected chi connectivity index (χ2v) is 17.8. The number of nitriles is 1. The lowest BCUT2D eigenvalue weighted by atomic mass is 9.90. The summed E-state index contributed by atoms with van der Waals surface area (Å²) in [6.45, 7) is 12.9. The number of alkyl carbamates (subject to hydrolysis) is 2. The average molecular weight is 822 g/mol. The van der Waals surface area contributed by atoms with E-state index in [2.05, 4.69) is 31.4 Å². The van der Waals surface area contributed by atoms with Gasteiger partial charge in [-0.05, 0) is 96.3 Å². The van der Waals surface area contributed by atoms with Crippen LogP contribution in [0, 0.1) is 17.2 Å². The second-order valence-electron chi connectivity index (χ2n) is 15.1. The summed E-state index contributed by atoms with van der Waals surface area (Å²) in [5.41, 5.74) is 1.44. The van der Waals surface area contributed by atoms with Gasteiger partial charge in [0.05, 0.1) is 36.9 Å². The van der Waals surface area contributed by atoms with Crippen LogP contribution in [0.3, 0.4) is 0 Å². The van der Waals surface area contributed by atoms with Gasteiger partial charge < -0.3 is 34.9 Å². The molecule has 0 saturated heterocycles. The Labute approximate surface area is 338 Å². The Kier molecular flexibility index (Phi) is 14.7. The summed E-state index contributed by atoms with van der Waals surface area (Å²) in [4.78, 5) is 29.4. The van der Waals surface area contributed by atoms with E-state index in [-0.39, 0.29) is 41.1 Å². The zero-order chi connectivity index (χ0) is 42.0. The van der Waals surface area contributed by atoms with Crippen LogP contribution in [0.2, 0.25) is 0 Å². The first-order valence-electron chi connectivity index (χ1n) is 18.1. The normalized spacial score (nSPS) is 12.7. The van der Waals surface area contributed by atoms with Crippen LogP contribution < -0.4 is 29.7 Å². The van der Waals surface area contributed by atoms with E-state index < -0.39 is 39.5 Å². The lowest BCUT2D eigenvalue weighted by Crippen LogP contribution is -2.44. The molecule has 0 fully saturated rings. The third-order valence-corrected chi connectivity index (χ3v) is 11.0. The molecule has 0 spiro atoms. The summed E-state index contributed by atoms with van der Waals surface area (Å²) in [6, 6.07) is 18.7. The molecular formula is C40H51N7O8S2. The first-order chi connectivity index (χ1) is 26.8. The molecule has 0 unspecified atom stereocenters. The molecule has 57 heavy (non-hydrogen) atoms. The molecule has 0 aliphatic rings. The maximum atomic E-state index is 14.3. The summed E-state index contributed by atoms with van der Waals surface area (Å²) in [5, 5.41) is 19.5. The van der Waals surface area contributed by atoms with E-state index in [0.717, 1.165) is 27.0 Å². The molecular weight excluding hydrogens is 771 g/mol. The molecule has 0 aliphatic heterocycles. The average Bonchev–Trinajstić information content (AvgIpc) is 3.68. The van der Waals surface area contributed by atoms with E-state index in [1.807, 2.05) is 31.2 Å². The van der Waals surface area contributed by atoms with E-state index in [1.165, 1.54) is 32.7 Å². The van der Waals surface area contributed by atoms with Gasteiger partial charge in [0.25, 0.3) is 10.0 Å². The molecule has 2 atom stereocenters. The van der Waals surface area contributed by atoms with Gasteiger partial charge >= 0.3 is 12.2 Å². The van der Waals surface area contributed by atoms with Crippen molar-refractivity contribution >= 4 is 44.6 Å². The van der Waals surface area contributed by atoms with E-state index in [0.29, 0.717) is 29.2 Å². The summed E-state index contributed by atoms with van der Waals surface area (Å²) in [7, 11) is -1.28. The van der Waals surface area contributed by atoms with Crippen LogP contribution in [-0.4, -0.2) is 68.0 Å². The zero-order valence-electron chi connectivity index (χ0n) is 33.7. The van der Waals surface area contributed by atoms with E-state index in [9.17, 15) is 23.3 Å². The van der Waals surface area contributed by atoms with Crippen LogP contribution in [0.15, 0.2) is 71.9 Å². The largest absolute Gasteiger partial charge is 0.497 e. The highest BCUT2D eigenvalue weighted by molar-refractivity contribution is 7.93. The Hall–Kier alpha value is -5.60. The maximum Gasteiger partial charge on any atom is 0.407 e.